The number of nitrogens with zero attached hydrogens (tertiary/aromatic N) is 3. The van der Waals surface area contributed by atoms with Gasteiger partial charge in [0.15, 0.2) is 0 Å². The number of hydroxylamine groups is 2. The van der Waals surface area contributed by atoms with Gasteiger partial charge in [-0.25, -0.2) is 10.0 Å². The maximum Gasteiger partial charge on any atom is 0.250 e. The van der Waals surface area contributed by atoms with E-state index in [2.05, 4.69) is 9.88 Å². The molecule has 4 heterocycles. The zero-order valence-electron chi connectivity index (χ0n) is 12.5. The Kier molecular flexibility index (Phi) is 4.13. The molecule has 0 N–H and O–H groups in total. The average molecular weight is 323 g/mol. The summed E-state index contributed by atoms with van der Waals surface area (Å²) in [5.74, 6) is 0.463. The summed E-state index contributed by atoms with van der Waals surface area (Å²) in [6.45, 7) is 4.63. The van der Waals surface area contributed by atoms with Crippen LogP contribution >= 0.6 is 11.3 Å². The van der Waals surface area contributed by atoms with Crippen LogP contribution in [0.2, 0.25) is 0 Å². The number of hydrogen-bond acceptors (Lipinski definition) is 6. The van der Waals surface area contributed by atoms with Gasteiger partial charge in [-0.15, -0.1) is 11.3 Å². The van der Waals surface area contributed by atoms with Crippen LogP contribution in [0.15, 0.2) is 11.6 Å². The minimum atomic E-state index is -0.0145. The van der Waals surface area contributed by atoms with Gasteiger partial charge in [-0.2, -0.15) is 0 Å². The third-order valence-electron chi connectivity index (χ3n) is 4.83. The Balaban J connectivity index is 1.49. The lowest BCUT2D eigenvalue weighted by molar-refractivity contribution is -0.179. The Bertz CT molecular complexity index is 518. The zero-order valence-corrected chi connectivity index (χ0v) is 13.3. The molecule has 7 heteroatoms. The van der Waals surface area contributed by atoms with Gasteiger partial charge in [0.1, 0.15) is 5.01 Å². The minimum Gasteiger partial charge on any atom is -0.377 e. The van der Waals surface area contributed by atoms with Gasteiger partial charge in [-0.1, -0.05) is 0 Å². The number of rotatable bonds is 3. The Morgan fingerprint density at radius 3 is 3.14 bits per heavy atom. The molecule has 3 fully saturated rings. The van der Waals surface area contributed by atoms with Crippen molar-refractivity contribution in [3.63, 3.8) is 0 Å². The topological polar surface area (TPSA) is 54.9 Å². The maximum atomic E-state index is 12.8. The van der Waals surface area contributed by atoms with E-state index in [4.69, 9.17) is 9.57 Å². The molecule has 3 aliphatic rings. The normalized spacial score (nSPS) is 32.4. The van der Waals surface area contributed by atoms with Crippen LogP contribution in [-0.2, 0) is 20.9 Å². The van der Waals surface area contributed by atoms with Gasteiger partial charge in [0.2, 0.25) is 0 Å². The van der Waals surface area contributed by atoms with Gasteiger partial charge in [-0.3, -0.25) is 14.5 Å². The summed E-state index contributed by atoms with van der Waals surface area (Å²) < 4.78 is 5.88. The third-order valence-corrected chi connectivity index (χ3v) is 5.59. The van der Waals surface area contributed by atoms with Gasteiger partial charge in [0.25, 0.3) is 5.91 Å². The molecule has 3 atom stereocenters. The molecule has 0 saturated carbocycles. The monoisotopic (exact) mass is 323 g/mol. The number of thiazole rings is 1. The second-order valence-corrected chi connectivity index (χ2v) is 7.19. The van der Waals surface area contributed by atoms with Gasteiger partial charge >= 0.3 is 0 Å². The molecule has 0 unspecified atom stereocenters. The summed E-state index contributed by atoms with van der Waals surface area (Å²) in [6, 6.07) is 0. The molecule has 1 aromatic rings. The molecule has 0 spiro atoms. The van der Waals surface area contributed by atoms with E-state index in [1.807, 2.05) is 11.6 Å². The van der Waals surface area contributed by atoms with Crippen molar-refractivity contribution in [2.24, 2.45) is 11.8 Å². The van der Waals surface area contributed by atoms with Gasteiger partial charge in [-0.05, 0) is 12.8 Å². The highest BCUT2D eigenvalue weighted by molar-refractivity contribution is 7.09. The number of carbonyl (C=O) groups is 1. The van der Waals surface area contributed by atoms with Crippen molar-refractivity contribution >= 4 is 17.2 Å². The average Bonchev–Trinajstić information content (AvgIpc) is 3.27. The number of fused-ring (bicyclic) bond motifs is 1. The Hall–Kier alpha value is -1.02. The molecule has 6 nitrogen and oxygen atoms in total. The van der Waals surface area contributed by atoms with Gasteiger partial charge in [0, 0.05) is 37.2 Å². The predicted molar refractivity (Wildman–Crippen MR) is 81.0 cm³/mol. The first-order chi connectivity index (χ1) is 10.8. The summed E-state index contributed by atoms with van der Waals surface area (Å²) in [7, 11) is 0. The number of carbonyl (C=O) groups excluding carboxylic acids is 1. The van der Waals surface area contributed by atoms with Crippen molar-refractivity contribution < 1.29 is 14.4 Å². The second-order valence-electron chi connectivity index (χ2n) is 6.22. The van der Waals surface area contributed by atoms with Gasteiger partial charge < -0.3 is 4.74 Å². The highest BCUT2D eigenvalue weighted by Gasteiger charge is 2.45. The van der Waals surface area contributed by atoms with E-state index in [0.717, 1.165) is 50.6 Å². The molecular formula is C15H21N3O3S. The number of ether oxygens (including phenoxy) is 1. The van der Waals surface area contributed by atoms with Crippen LogP contribution in [0.25, 0.3) is 0 Å². The molecular weight excluding hydrogens is 302 g/mol. The van der Waals surface area contributed by atoms with E-state index >= 15 is 0 Å². The fourth-order valence-electron chi connectivity index (χ4n) is 3.77. The number of aromatic nitrogens is 1. The fourth-order valence-corrected chi connectivity index (χ4v) is 4.43. The molecule has 1 amide bonds. The first-order valence-electron chi connectivity index (χ1n) is 7.98. The fraction of sp³-hybridized carbons (Fsp3) is 0.733. The molecule has 0 aromatic carbocycles. The Labute approximate surface area is 134 Å². The second kappa shape index (κ2) is 6.23. The lowest BCUT2D eigenvalue weighted by atomic mass is 9.82. The van der Waals surface area contributed by atoms with Crippen molar-refractivity contribution in [2.75, 3.05) is 32.8 Å². The number of hydrogen-bond donors (Lipinski definition) is 0. The first-order valence-corrected chi connectivity index (χ1v) is 8.86. The van der Waals surface area contributed by atoms with Crippen LogP contribution in [0.4, 0.5) is 0 Å². The SMILES string of the molecule is O=C([C@@H]1CN(Cc2nccs2)C[C@@H]2OCC[C@@H]21)N1CCCO1. The smallest absolute Gasteiger partial charge is 0.250 e. The molecule has 4 rings (SSSR count). The van der Waals surface area contributed by atoms with Crippen molar-refractivity contribution in [1.82, 2.24) is 14.9 Å². The molecule has 0 radical (unpaired) electrons. The van der Waals surface area contributed by atoms with Crippen LogP contribution in [0.5, 0.6) is 0 Å². The Morgan fingerprint density at radius 1 is 1.41 bits per heavy atom. The summed E-state index contributed by atoms with van der Waals surface area (Å²) in [6.07, 6.45) is 3.93. The van der Waals surface area contributed by atoms with Gasteiger partial charge in [0.05, 0.1) is 31.7 Å². The van der Waals surface area contributed by atoms with E-state index in [1.54, 1.807) is 16.4 Å². The minimum absolute atomic E-state index is 0.0145. The summed E-state index contributed by atoms with van der Waals surface area (Å²) >= 11 is 1.66. The molecule has 3 saturated heterocycles. The van der Waals surface area contributed by atoms with Crippen molar-refractivity contribution in [1.29, 1.82) is 0 Å². The number of likely N-dealkylation sites (tertiary alicyclic amines) is 1. The standard InChI is InChI=1S/C15H21N3O3S/c19-15(18-4-1-5-21-18)12-8-17(10-14-16-3-7-22-14)9-13-11(12)2-6-20-13/h3,7,11-13H,1-2,4-6,8-10H2/t11-,12-,13+/m1/s1. The molecule has 22 heavy (non-hydrogen) atoms. The van der Waals surface area contributed by atoms with E-state index in [9.17, 15) is 4.79 Å². The quantitative estimate of drug-likeness (QED) is 0.835. The molecule has 3 aliphatic heterocycles. The molecule has 0 aliphatic carbocycles. The summed E-state index contributed by atoms with van der Waals surface area (Å²) in [4.78, 5) is 24.9. The van der Waals surface area contributed by atoms with Crippen LogP contribution in [0.1, 0.15) is 17.8 Å². The highest BCUT2D eigenvalue weighted by atomic mass is 32.1. The van der Waals surface area contributed by atoms with Crippen LogP contribution in [0, 0.1) is 11.8 Å². The predicted octanol–water partition coefficient (Wildman–Crippen LogP) is 1.14. The molecule has 120 valence electrons. The number of amides is 1. The third kappa shape index (κ3) is 2.78. The first kappa shape index (κ1) is 14.6. The lowest BCUT2D eigenvalue weighted by Gasteiger charge is -2.39. The van der Waals surface area contributed by atoms with E-state index < -0.39 is 0 Å². The van der Waals surface area contributed by atoms with Crippen molar-refractivity contribution in [3.8, 4) is 0 Å². The van der Waals surface area contributed by atoms with Crippen molar-refractivity contribution in [2.45, 2.75) is 25.5 Å². The maximum absolute atomic E-state index is 12.8. The van der Waals surface area contributed by atoms with Crippen LogP contribution in [-0.4, -0.2) is 59.8 Å². The number of piperidine rings is 1. The Morgan fingerprint density at radius 2 is 2.36 bits per heavy atom. The summed E-state index contributed by atoms with van der Waals surface area (Å²) in [5.41, 5.74) is 0. The van der Waals surface area contributed by atoms with Crippen LogP contribution < -0.4 is 0 Å². The van der Waals surface area contributed by atoms with Crippen molar-refractivity contribution in [3.05, 3.63) is 16.6 Å². The van der Waals surface area contributed by atoms with E-state index in [-0.39, 0.29) is 17.9 Å². The zero-order chi connectivity index (χ0) is 14.9. The largest absolute Gasteiger partial charge is 0.377 e. The molecule has 1 aromatic heterocycles. The van der Waals surface area contributed by atoms with E-state index in [1.165, 1.54) is 0 Å². The summed E-state index contributed by atoms with van der Waals surface area (Å²) in [5, 5.41) is 4.67. The van der Waals surface area contributed by atoms with E-state index in [0.29, 0.717) is 12.5 Å². The lowest BCUT2D eigenvalue weighted by Crippen LogP contribution is -2.52. The highest BCUT2D eigenvalue weighted by Crippen LogP contribution is 2.35. The molecule has 0 bridgehead atoms. The van der Waals surface area contributed by atoms with Crippen LogP contribution in [0.3, 0.4) is 0 Å².